The molecule has 4 nitrogen and oxygen atoms in total. The number of hydrogen-bond acceptors (Lipinski definition) is 3. The smallest absolute Gasteiger partial charge is 0.220 e. The van der Waals surface area contributed by atoms with Crippen LogP contribution in [0.4, 0.5) is 0 Å². The van der Waals surface area contributed by atoms with Crippen LogP contribution in [0.25, 0.3) is 0 Å². The Morgan fingerprint density at radius 3 is 3.24 bits per heavy atom. The zero-order chi connectivity index (χ0) is 12.1. The van der Waals surface area contributed by atoms with E-state index in [4.69, 9.17) is 4.42 Å². The molecule has 0 spiro atoms. The Kier molecular flexibility index (Phi) is 4.20. The first-order valence-electron chi connectivity index (χ1n) is 6.29. The fourth-order valence-electron chi connectivity index (χ4n) is 2.27. The number of hydrogen-bond donors (Lipinski definition) is 2. The molecule has 4 heteroatoms. The Morgan fingerprint density at radius 2 is 2.59 bits per heavy atom. The van der Waals surface area contributed by atoms with Crippen molar-refractivity contribution in [3.8, 4) is 0 Å². The quantitative estimate of drug-likeness (QED) is 0.838. The third-order valence-corrected chi connectivity index (χ3v) is 3.22. The predicted molar refractivity (Wildman–Crippen MR) is 65.5 cm³/mol. The predicted octanol–water partition coefficient (Wildman–Crippen LogP) is 1.85. The minimum Gasteiger partial charge on any atom is -0.467 e. The van der Waals surface area contributed by atoms with E-state index in [1.807, 2.05) is 19.1 Å². The van der Waals surface area contributed by atoms with E-state index in [1.165, 1.54) is 6.42 Å². The number of rotatable bonds is 4. The Morgan fingerprint density at radius 1 is 1.71 bits per heavy atom. The molecule has 17 heavy (non-hydrogen) atoms. The average molecular weight is 236 g/mol. The van der Waals surface area contributed by atoms with Gasteiger partial charge in [0.2, 0.25) is 5.91 Å². The fraction of sp³-hybridized carbons (Fsp3) is 0.615. The number of amides is 1. The summed E-state index contributed by atoms with van der Waals surface area (Å²) in [5, 5.41) is 6.29. The molecule has 2 heterocycles. The standard InChI is InChI=1S/C13H20N2O2/c1-10(12-5-3-7-17-12)15-13(16)8-11-4-2-6-14-9-11/h3,5,7,10-11,14H,2,4,6,8-9H2,1H3,(H,15,16). The van der Waals surface area contributed by atoms with Crippen LogP contribution in [0.5, 0.6) is 0 Å². The second-order valence-electron chi connectivity index (χ2n) is 4.72. The van der Waals surface area contributed by atoms with Gasteiger partial charge in [-0.05, 0) is 50.9 Å². The maximum atomic E-state index is 11.8. The van der Waals surface area contributed by atoms with Gasteiger partial charge in [-0.15, -0.1) is 0 Å². The Hall–Kier alpha value is -1.29. The molecule has 1 fully saturated rings. The van der Waals surface area contributed by atoms with Crippen molar-refractivity contribution in [1.29, 1.82) is 0 Å². The van der Waals surface area contributed by atoms with Crippen molar-refractivity contribution < 1.29 is 9.21 Å². The highest BCUT2D eigenvalue weighted by Crippen LogP contribution is 2.16. The van der Waals surface area contributed by atoms with Gasteiger partial charge in [0.15, 0.2) is 0 Å². The summed E-state index contributed by atoms with van der Waals surface area (Å²) in [4.78, 5) is 11.8. The summed E-state index contributed by atoms with van der Waals surface area (Å²) in [5.41, 5.74) is 0. The average Bonchev–Trinajstić information content (AvgIpc) is 2.83. The first kappa shape index (κ1) is 12.2. The van der Waals surface area contributed by atoms with Gasteiger partial charge in [0.25, 0.3) is 0 Å². The van der Waals surface area contributed by atoms with Gasteiger partial charge in [-0.3, -0.25) is 4.79 Å². The van der Waals surface area contributed by atoms with E-state index in [0.29, 0.717) is 12.3 Å². The molecule has 0 aliphatic carbocycles. The van der Waals surface area contributed by atoms with Crippen molar-refractivity contribution in [2.24, 2.45) is 5.92 Å². The molecule has 2 rings (SSSR count). The number of furan rings is 1. The minimum atomic E-state index is -0.0472. The highest BCUT2D eigenvalue weighted by atomic mass is 16.3. The molecule has 0 aromatic carbocycles. The lowest BCUT2D eigenvalue weighted by Crippen LogP contribution is -2.34. The molecule has 94 valence electrons. The lowest BCUT2D eigenvalue weighted by Gasteiger charge is -2.22. The van der Waals surface area contributed by atoms with E-state index in [0.717, 1.165) is 25.3 Å². The van der Waals surface area contributed by atoms with Crippen molar-refractivity contribution in [2.45, 2.75) is 32.2 Å². The van der Waals surface area contributed by atoms with Gasteiger partial charge in [0.1, 0.15) is 5.76 Å². The van der Waals surface area contributed by atoms with E-state index in [-0.39, 0.29) is 11.9 Å². The molecule has 1 aromatic rings. The third-order valence-electron chi connectivity index (χ3n) is 3.22. The molecule has 1 amide bonds. The fourth-order valence-corrected chi connectivity index (χ4v) is 2.27. The summed E-state index contributed by atoms with van der Waals surface area (Å²) in [6.07, 6.45) is 4.56. The molecule has 0 saturated carbocycles. The van der Waals surface area contributed by atoms with Crippen LogP contribution in [0.3, 0.4) is 0 Å². The van der Waals surface area contributed by atoms with Crippen LogP contribution >= 0.6 is 0 Å². The molecule has 1 aliphatic heterocycles. The molecule has 1 aromatic heterocycles. The first-order valence-corrected chi connectivity index (χ1v) is 6.29. The molecular weight excluding hydrogens is 216 g/mol. The van der Waals surface area contributed by atoms with Crippen LogP contribution in [-0.2, 0) is 4.79 Å². The van der Waals surface area contributed by atoms with Gasteiger partial charge >= 0.3 is 0 Å². The second kappa shape index (κ2) is 5.87. The molecule has 2 atom stereocenters. The minimum absolute atomic E-state index is 0.0472. The normalized spacial score (nSPS) is 22.1. The SMILES string of the molecule is CC(NC(=O)CC1CCCNC1)c1ccco1. The Bertz CT molecular complexity index is 342. The largest absolute Gasteiger partial charge is 0.467 e. The topological polar surface area (TPSA) is 54.3 Å². The van der Waals surface area contributed by atoms with Crippen LogP contribution in [0.2, 0.25) is 0 Å². The molecule has 1 saturated heterocycles. The molecule has 2 unspecified atom stereocenters. The summed E-state index contributed by atoms with van der Waals surface area (Å²) in [6.45, 7) is 3.99. The van der Waals surface area contributed by atoms with Gasteiger partial charge < -0.3 is 15.1 Å². The van der Waals surface area contributed by atoms with Gasteiger partial charge in [0, 0.05) is 6.42 Å². The lowest BCUT2D eigenvalue weighted by molar-refractivity contribution is -0.122. The zero-order valence-electron chi connectivity index (χ0n) is 10.2. The zero-order valence-corrected chi connectivity index (χ0v) is 10.2. The molecule has 2 N–H and O–H groups in total. The van der Waals surface area contributed by atoms with Gasteiger partial charge in [0.05, 0.1) is 12.3 Å². The maximum Gasteiger partial charge on any atom is 0.220 e. The van der Waals surface area contributed by atoms with Crippen molar-refractivity contribution in [2.75, 3.05) is 13.1 Å². The Balaban J connectivity index is 1.76. The Labute approximate surface area is 102 Å². The van der Waals surface area contributed by atoms with E-state index < -0.39 is 0 Å². The summed E-state index contributed by atoms with van der Waals surface area (Å²) in [5.74, 6) is 1.40. The van der Waals surface area contributed by atoms with Crippen molar-refractivity contribution in [3.05, 3.63) is 24.2 Å². The molecule has 0 bridgehead atoms. The van der Waals surface area contributed by atoms with E-state index >= 15 is 0 Å². The van der Waals surface area contributed by atoms with Crippen LogP contribution in [0, 0.1) is 5.92 Å². The summed E-state index contributed by atoms with van der Waals surface area (Å²) < 4.78 is 5.26. The van der Waals surface area contributed by atoms with Crippen LogP contribution in [0.15, 0.2) is 22.8 Å². The van der Waals surface area contributed by atoms with Crippen molar-refractivity contribution >= 4 is 5.91 Å². The summed E-state index contributed by atoms with van der Waals surface area (Å²) in [6, 6.07) is 3.67. The second-order valence-corrected chi connectivity index (χ2v) is 4.72. The van der Waals surface area contributed by atoms with Gasteiger partial charge in [-0.25, -0.2) is 0 Å². The highest BCUT2D eigenvalue weighted by molar-refractivity contribution is 5.76. The van der Waals surface area contributed by atoms with E-state index in [1.54, 1.807) is 6.26 Å². The molecular formula is C13H20N2O2. The highest BCUT2D eigenvalue weighted by Gasteiger charge is 2.18. The molecule has 0 radical (unpaired) electrons. The van der Waals surface area contributed by atoms with Crippen LogP contribution < -0.4 is 10.6 Å². The van der Waals surface area contributed by atoms with Gasteiger partial charge in [-0.1, -0.05) is 0 Å². The molecule has 1 aliphatic rings. The summed E-state index contributed by atoms with van der Waals surface area (Å²) in [7, 11) is 0. The van der Waals surface area contributed by atoms with Crippen LogP contribution in [-0.4, -0.2) is 19.0 Å². The van der Waals surface area contributed by atoms with Gasteiger partial charge in [-0.2, -0.15) is 0 Å². The third kappa shape index (κ3) is 3.60. The summed E-state index contributed by atoms with van der Waals surface area (Å²) >= 11 is 0. The maximum absolute atomic E-state index is 11.8. The van der Waals surface area contributed by atoms with Crippen molar-refractivity contribution in [1.82, 2.24) is 10.6 Å². The van der Waals surface area contributed by atoms with Crippen LogP contribution in [0.1, 0.15) is 38.0 Å². The van der Waals surface area contributed by atoms with E-state index in [9.17, 15) is 4.79 Å². The number of carbonyl (C=O) groups excluding carboxylic acids is 1. The number of carbonyl (C=O) groups is 1. The van der Waals surface area contributed by atoms with E-state index in [2.05, 4.69) is 10.6 Å². The van der Waals surface area contributed by atoms with Crippen molar-refractivity contribution in [3.63, 3.8) is 0 Å². The number of piperidine rings is 1. The monoisotopic (exact) mass is 236 g/mol. The number of nitrogens with one attached hydrogen (secondary N) is 2. The lowest BCUT2D eigenvalue weighted by atomic mass is 9.96. The first-order chi connectivity index (χ1) is 8.25.